The molecule has 9 heteroatoms. The molecule has 0 radical (unpaired) electrons. The van der Waals surface area contributed by atoms with E-state index in [9.17, 15) is 18.0 Å². The lowest BCUT2D eigenvalue weighted by Crippen LogP contribution is -2.35. The molecule has 2 atom stereocenters. The lowest BCUT2D eigenvalue weighted by molar-refractivity contribution is -0.214. The fraction of sp³-hybridized carbons (Fsp3) is 0.263. The van der Waals surface area contributed by atoms with E-state index in [1.807, 2.05) is 18.2 Å². The first-order valence-electron chi connectivity index (χ1n) is 8.53. The number of rotatable bonds is 3. The molecule has 0 fully saturated rings. The van der Waals surface area contributed by atoms with Crippen molar-refractivity contribution in [3.8, 4) is 0 Å². The average molecular weight is 391 g/mol. The summed E-state index contributed by atoms with van der Waals surface area (Å²) in [4.78, 5) is 17.2. The highest BCUT2D eigenvalue weighted by Crippen LogP contribution is 2.40. The van der Waals surface area contributed by atoms with E-state index in [1.165, 1.54) is 6.26 Å². The number of carbonyl (C=O) groups excluding carboxylic acids is 1. The first kappa shape index (κ1) is 18.1. The van der Waals surface area contributed by atoms with E-state index in [0.29, 0.717) is 28.4 Å². The lowest BCUT2D eigenvalue weighted by Gasteiger charge is -2.29. The number of nitrogens with one attached hydrogen (secondary N) is 1. The van der Waals surface area contributed by atoms with Crippen molar-refractivity contribution in [2.24, 2.45) is 0 Å². The Labute approximate surface area is 157 Å². The highest BCUT2D eigenvalue weighted by atomic mass is 19.4. The van der Waals surface area contributed by atoms with E-state index in [4.69, 9.17) is 9.15 Å². The van der Waals surface area contributed by atoms with Crippen LogP contribution in [0.15, 0.2) is 58.3 Å². The van der Waals surface area contributed by atoms with Crippen molar-refractivity contribution in [3.05, 3.63) is 59.7 Å². The SMILES string of the molecule is CC1=C(C(=O)O[C@@H](C)C(F)(F)F)C(c2ccco2)n2c(nc3ccccc32)N1. The van der Waals surface area contributed by atoms with Crippen LogP contribution in [0.4, 0.5) is 19.1 Å². The molecule has 0 bridgehead atoms. The summed E-state index contributed by atoms with van der Waals surface area (Å²) in [7, 11) is 0. The number of nitrogens with zero attached hydrogens (tertiary/aromatic N) is 2. The van der Waals surface area contributed by atoms with E-state index in [0.717, 1.165) is 6.92 Å². The molecule has 1 unspecified atom stereocenters. The topological polar surface area (TPSA) is 69.3 Å². The molecule has 2 aromatic heterocycles. The van der Waals surface area contributed by atoms with Gasteiger partial charge >= 0.3 is 12.1 Å². The van der Waals surface area contributed by atoms with Gasteiger partial charge in [0.2, 0.25) is 5.95 Å². The third kappa shape index (κ3) is 2.92. The van der Waals surface area contributed by atoms with Gasteiger partial charge in [0.25, 0.3) is 0 Å². The third-order valence-electron chi connectivity index (χ3n) is 4.61. The molecule has 3 aromatic rings. The minimum Gasteiger partial charge on any atom is -0.467 e. The highest BCUT2D eigenvalue weighted by Gasteiger charge is 2.42. The number of carbonyl (C=O) groups is 1. The third-order valence-corrected chi connectivity index (χ3v) is 4.61. The van der Waals surface area contributed by atoms with E-state index in [1.54, 1.807) is 29.7 Å². The van der Waals surface area contributed by atoms with Crippen LogP contribution in [0.25, 0.3) is 11.0 Å². The maximum Gasteiger partial charge on any atom is 0.425 e. The van der Waals surface area contributed by atoms with Gasteiger partial charge in [-0.2, -0.15) is 13.2 Å². The second-order valence-corrected chi connectivity index (χ2v) is 6.46. The highest BCUT2D eigenvalue weighted by molar-refractivity contribution is 5.94. The molecule has 28 heavy (non-hydrogen) atoms. The van der Waals surface area contributed by atoms with Crippen molar-refractivity contribution < 1.29 is 27.1 Å². The molecule has 0 saturated carbocycles. The Morgan fingerprint density at radius 3 is 2.71 bits per heavy atom. The normalized spacial score (nSPS) is 18.0. The Bertz CT molecular complexity index is 1070. The summed E-state index contributed by atoms with van der Waals surface area (Å²) >= 11 is 0. The molecule has 1 N–H and O–H groups in total. The van der Waals surface area contributed by atoms with Crippen LogP contribution in [0.2, 0.25) is 0 Å². The summed E-state index contributed by atoms with van der Waals surface area (Å²) < 4.78 is 50.6. The molecular formula is C19H16F3N3O3. The fourth-order valence-electron chi connectivity index (χ4n) is 3.24. The van der Waals surface area contributed by atoms with Crippen LogP contribution < -0.4 is 5.32 Å². The largest absolute Gasteiger partial charge is 0.467 e. The van der Waals surface area contributed by atoms with Crippen molar-refractivity contribution in [1.82, 2.24) is 9.55 Å². The van der Waals surface area contributed by atoms with Gasteiger partial charge in [0.05, 0.1) is 22.9 Å². The number of ether oxygens (including phenoxy) is 1. The maximum atomic E-state index is 12.9. The van der Waals surface area contributed by atoms with Crippen molar-refractivity contribution in [1.29, 1.82) is 0 Å². The van der Waals surface area contributed by atoms with E-state index in [2.05, 4.69) is 10.3 Å². The smallest absolute Gasteiger partial charge is 0.425 e. The number of anilines is 1. The molecule has 0 spiro atoms. The van der Waals surface area contributed by atoms with Crippen molar-refractivity contribution >= 4 is 23.0 Å². The molecule has 0 aliphatic carbocycles. The molecule has 1 aromatic carbocycles. The number of imidazole rings is 1. The number of esters is 1. The average Bonchev–Trinajstić information content (AvgIpc) is 3.27. The predicted octanol–water partition coefficient (Wildman–Crippen LogP) is 4.41. The summed E-state index contributed by atoms with van der Waals surface area (Å²) in [6.07, 6.45) is -5.45. The Morgan fingerprint density at radius 1 is 1.29 bits per heavy atom. The second kappa shape index (κ2) is 6.43. The van der Waals surface area contributed by atoms with Gasteiger partial charge in [0, 0.05) is 5.70 Å². The van der Waals surface area contributed by atoms with E-state index in [-0.39, 0.29) is 5.57 Å². The molecule has 3 heterocycles. The van der Waals surface area contributed by atoms with Crippen molar-refractivity contribution in [2.45, 2.75) is 32.2 Å². The standard InChI is InChI=1S/C19H16F3N3O3/c1-10-15(17(26)28-11(2)19(20,21)22)16(14-8-5-9-27-14)25-13-7-4-3-6-12(13)24-18(25)23-10/h3-9,11,16H,1-2H3,(H,23,24)/t11-,16?/m0/s1. The summed E-state index contributed by atoms with van der Waals surface area (Å²) in [5, 5.41) is 2.99. The number of para-hydroxylation sites is 2. The number of benzene rings is 1. The van der Waals surface area contributed by atoms with Crippen molar-refractivity contribution in [2.75, 3.05) is 5.32 Å². The Morgan fingerprint density at radius 2 is 2.04 bits per heavy atom. The summed E-state index contributed by atoms with van der Waals surface area (Å²) in [5.41, 5.74) is 1.76. The molecular weight excluding hydrogens is 375 g/mol. The van der Waals surface area contributed by atoms with Crippen LogP contribution in [0, 0.1) is 0 Å². The number of hydrogen-bond acceptors (Lipinski definition) is 5. The summed E-state index contributed by atoms with van der Waals surface area (Å²) in [5.74, 6) is -0.225. The Hall–Kier alpha value is -3.23. The summed E-state index contributed by atoms with van der Waals surface area (Å²) in [6.45, 7) is 2.39. The van der Waals surface area contributed by atoms with Crippen LogP contribution in [0.1, 0.15) is 25.6 Å². The number of allylic oxidation sites excluding steroid dienone is 1. The number of alkyl halides is 3. The predicted molar refractivity (Wildman–Crippen MR) is 94.5 cm³/mol. The quantitative estimate of drug-likeness (QED) is 0.670. The number of halogens is 3. The zero-order valence-electron chi connectivity index (χ0n) is 14.9. The van der Waals surface area contributed by atoms with E-state index < -0.39 is 24.3 Å². The minimum absolute atomic E-state index is 0.0294. The van der Waals surface area contributed by atoms with Gasteiger partial charge in [-0.1, -0.05) is 12.1 Å². The Kier molecular flexibility index (Phi) is 4.17. The monoisotopic (exact) mass is 391 g/mol. The molecule has 1 aliphatic rings. The molecule has 0 saturated heterocycles. The van der Waals surface area contributed by atoms with Crippen molar-refractivity contribution in [3.63, 3.8) is 0 Å². The Balaban J connectivity index is 1.84. The van der Waals surface area contributed by atoms with Crippen LogP contribution in [0.3, 0.4) is 0 Å². The lowest BCUT2D eigenvalue weighted by atomic mass is 10.00. The van der Waals surface area contributed by atoms with Gasteiger partial charge < -0.3 is 14.5 Å². The molecule has 146 valence electrons. The van der Waals surface area contributed by atoms with Crippen LogP contribution in [0.5, 0.6) is 0 Å². The molecule has 0 amide bonds. The van der Waals surface area contributed by atoms with E-state index >= 15 is 0 Å². The number of furan rings is 1. The maximum absolute atomic E-state index is 12.9. The van der Waals surface area contributed by atoms with Crippen LogP contribution >= 0.6 is 0 Å². The van der Waals surface area contributed by atoms with Gasteiger partial charge in [0.15, 0.2) is 6.10 Å². The minimum atomic E-state index is -4.65. The zero-order valence-corrected chi connectivity index (χ0v) is 14.9. The van der Waals surface area contributed by atoms with Crippen LogP contribution in [-0.4, -0.2) is 27.8 Å². The van der Waals surface area contributed by atoms with Gasteiger partial charge in [-0.05, 0) is 38.1 Å². The second-order valence-electron chi connectivity index (χ2n) is 6.46. The number of hydrogen-bond donors (Lipinski definition) is 1. The molecule has 1 aliphatic heterocycles. The van der Waals surface area contributed by atoms with Crippen LogP contribution in [-0.2, 0) is 9.53 Å². The van der Waals surface area contributed by atoms with Gasteiger partial charge in [0.1, 0.15) is 11.8 Å². The number of aromatic nitrogens is 2. The summed E-state index contributed by atoms with van der Waals surface area (Å²) in [6, 6.07) is 9.74. The van der Waals surface area contributed by atoms with Gasteiger partial charge in [-0.3, -0.25) is 4.57 Å². The number of fused-ring (bicyclic) bond motifs is 3. The molecule has 6 nitrogen and oxygen atoms in total. The van der Waals surface area contributed by atoms with Gasteiger partial charge in [-0.25, -0.2) is 9.78 Å². The van der Waals surface area contributed by atoms with Gasteiger partial charge in [-0.15, -0.1) is 0 Å². The fourth-order valence-corrected chi connectivity index (χ4v) is 3.24. The first-order valence-corrected chi connectivity index (χ1v) is 8.53. The molecule has 4 rings (SSSR count). The zero-order chi connectivity index (χ0) is 20.1. The first-order chi connectivity index (χ1) is 13.3.